The summed E-state index contributed by atoms with van der Waals surface area (Å²) in [6.07, 6.45) is 0. The van der Waals surface area contributed by atoms with E-state index in [1.165, 1.54) is 44.5 Å². The molecule has 0 fully saturated rings. The van der Waals surface area contributed by atoms with Crippen molar-refractivity contribution in [3.05, 3.63) is 81.3 Å². The molecule has 3 aromatic rings. The second-order valence-electron chi connectivity index (χ2n) is 6.26. The van der Waals surface area contributed by atoms with Gasteiger partial charge in [-0.2, -0.15) is 0 Å². The fourth-order valence-corrected chi connectivity index (χ4v) is 3.91. The molecule has 0 aliphatic carbocycles. The molecule has 0 nitrogen and oxygen atoms in total. The van der Waals surface area contributed by atoms with E-state index in [1.807, 2.05) is 0 Å². The molecule has 0 saturated heterocycles. The number of rotatable bonds is 2. The summed E-state index contributed by atoms with van der Waals surface area (Å²) in [4.78, 5) is 0. The van der Waals surface area contributed by atoms with Crippen molar-refractivity contribution in [1.29, 1.82) is 0 Å². The van der Waals surface area contributed by atoms with Gasteiger partial charge in [-0.15, -0.1) is 0 Å². The Morgan fingerprint density at radius 3 is 1.26 bits per heavy atom. The zero-order valence-corrected chi connectivity index (χ0v) is 15.7. The minimum atomic E-state index is 1.12. The molecule has 0 spiro atoms. The van der Waals surface area contributed by atoms with E-state index in [0.29, 0.717) is 0 Å². The highest BCUT2D eigenvalue weighted by molar-refractivity contribution is 9.10. The van der Waals surface area contributed by atoms with Gasteiger partial charge >= 0.3 is 0 Å². The van der Waals surface area contributed by atoms with E-state index in [4.69, 9.17) is 0 Å². The summed E-state index contributed by atoms with van der Waals surface area (Å²) in [6, 6.07) is 19.7. The van der Waals surface area contributed by atoms with Gasteiger partial charge in [-0.05, 0) is 90.4 Å². The predicted octanol–water partition coefficient (Wildman–Crippen LogP) is 7.02. The highest BCUT2D eigenvalue weighted by Crippen LogP contribution is 2.35. The average Bonchev–Trinajstić information content (AvgIpc) is 2.46. The van der Waals surface area contributed by atoms with Gasteiger partial charge in [0.25, 0.3) is 0 Å². The van der Waals surface area contributed by atoms with Crippen LogP contribution in [0.15, 0.2) is 59.1 Å². The normalized spacial score (nSPS) is 10.8. The van der Waals surface area contributed by atoms with Crippen LogP contribution in [0.4, 0.5) is 0 Å². The van der Waals surface area contributed by atoms with Crippen molar-refractivity contribution in [2.75, 3.05) is 0 Å². The second kappa shape index (κ2) is 6.33. The van der Waals surface area contributed by atoms with E-state index >= 15 is 0 Å². The molecule has 23 heavy (non-hydrogen) atoms. The summed E-state index contributed by atoms with van der Waals surface area (Å²) >= 11 is 3.71. The highest BCUT2D eigenvalue weighted by Gasteiger charge is 2.11. The third kappa shape index (κ3) is 3.11. The van der Waals surface area contributed by atoms with Gasteiger partial charge in [0.05, 0.1) is 0 Å². The maximum absolute atomic E-state index is 3.71. The van der Waals surface area contributed by atoms with Crippen LogP contribution in [0.5, 0.6) is 0 Å². The molecule has 0 atom stereocenters. The maximum Gasteiger partial charge on any atom is 0.0187 e. The molecule has 0 N–H and O–H groups in total. The lowest BCUT2D eigenvalue weighted by atomic mass is 9.90. The van der Waals surface area contributed by atoms with E-state index in [0.717, 1.165) is 4.47 Å². The van der Waals surface area contributed by atoms with Crippen LogP contribution < -0.4 is 0 Å². The van der Waals surface area contributed by atoms with E-state index in [9.17, 15) is 0 Å². The first-order valence-corrected chi connectivity index (χ1v) is 8.70. The summed E-state index contributed by atoms with van der Waals surface area (Å²) in [5.74, 6) is 0. The first kappa shape index (κ1) is 16.0. The summed E-state index contributed by atoms with van der Waals surface area (Å²) in [5.41, 5.74) is 10.5. The summed E-state index contributed by atoms with van der Waals surface area (Å²) < 4.78 is 1.12. The molecule has 0 heterocycles. The minimum absolute atomic E-state index is 1.12. The molecule has 0 bridgehead atoms. The van der Waals surface area contributed by atoms with Crippen molar-refractivity contribution in [2.24, 2.45) is 0 Å². The Bertz CT molecular complexity index is 765. The lowest BCUT2D eigenvalue weighted by Crippen LogP contribution is -1.92. The smallest absolute Gasteiger partial charge is 0.0187 e. The van der Waals surface area contributed by atoms with Crippen LogP contribution in [0.1, 0.15) is 22.3 Å². The van der Waals surface area contributed by atoms with Crippen LogP contribution in [-0.4, -0.2) is 0 Å². The van der Waals surface area contributed by atoms with Gasteiger partial charge in [0.15, 0.2) is 0 Å². The van der Waals surface area contributed by atoms with Crippen molar-refractivity contribution < 1.29 is 0 Å². The third-order valence-corrected chi connectivity index (χ3v) is 4.90. The van der Waals surface area contributed by atoms with Gasteiger partial charge in [-0.25, -0.2) is 0 Å². The summed E-state index contributed by atoms with van der Waals surface area (Å²) in [7, 11) is 0. The number of aryl methyl sites for hydroxylation is 4. The van der Waals surface area contributed by atoms with Gasteiger partial charge < -0.3 is 0 Å². The number of hydrogen-bond donors (Lipinski definition) is 0. The molecule has 0 amide bonds. The van der Waals surface area contributed by atoms with Gasteiger partial charge in [-0.3, -0.25) is 0 Å². The first-order valence-electron chi connectivity index (χ1n) is 7.91. The molecular weight excluding hydrogens is 344 g/mol. The molecule has 0 aliphatic rings. The highest BCUT2D eigenvalue weighted by atomic mass is 79.9. The third-order valence-electron chi connectivity index (χ3n) is 4.44. The minimum Gasteiger partial charge on any atom is -0.0617 e. The lowest BCUT2D eigenvalue weighted by molar-refractivity contribution is 1.36. The van der Waals surface area contributed by atoms with E-state index < -0.39 is 0 Å². The van der Waals surface area contributed by atoms with Crippen molar-refractivity contribution in [1.82, 2.24) is 0 Å². The second-order valence-corrected chi connectivity index (χ2v) is 7.18. The Morgan fingerprint density at radius 2 is 0.913 bits per heavy atom. The van der Waals surface area contributed by atoms with Crippen molar-refractivity contribution >= 4 is 15.9 Å². The molecule has 0 aliphatic heterocycles. The van der Waals surface area contributed by atoms with Crippen LogP contribution in [0, 0.1) is 27.7 Å². The van der Waals surface area contributed by atoms with Crippen LogP contribution in [-0.2, 0) is 0 Å². The van der Waals surface area contributed by atoms with Gasteiger partial charge in [0, 0.05) is 4.47 Å². The lowest BCUT2D eigenvalue weighted by Gasteiger charge is -2.15. The van der Waals surface area contributed by atoms with Crippen molar-refractivity contribution in [3.63, 3.8) is 0 Å². The molecule has 1 heteroatoms. The van der Waals surface area contributed by atoms with Gasteiger partial charge in [0.1, 0.15) is 0 Å². The van der Waals surface area contributed by atoms with Crippen LogP contribution in [0.25, 0.3) is 22.3 Å². The SMILES string of the molecule is Cc1cccc(C)c1-c1cc(Br)cc(-c2c(C)cccc2C)c1. The zero-order valence-electron chi connectivity index (χ0n) is 14.1. The maximum atomic E-state index is 3.71. The Hall–Kier alpha value is -1.86. The average molecular weight is 365 g/mol. The molecule has 0 unspecified atom stereocenters. The van der Waals surface area contributed by atoms with E-state index in [1.54, 1.807) is 0 Å². The van der Waals surface area contributed by atoms with E-state index in [2.05, 4.69) is 98.2 Å². The molecule has 0 aromatic heterocycles. The number of halogens is 1. The van der Waals surface area contributed by atoms with Crippen molar-refractivity contribution in [2.45, 2.75) is 27.7 Å². The standard InChI is InChI=1S/C22H21Br/c1-14-7-5-8-15(2)21(14)18-11-19(13-20(23)12-18)22-16(3)9-6-10-17(22)4/h5-13H,1-4H3. The fraction of sp³-hybridized carbons (Fsp3) is 0.182. The van der Waals surface area contributed by atoms with Crippen LogP contribution in [0.2, 0.25) is 0 Å². The quantitative estimate of drug-likeness (QED) is 0.458. The molecule has 3 rings (SSSR count). The van der Waals surface area contributed by atoms with E-state index in [-0.39, 0.29) is 0 Å². The Kier molecular flexibility index (Phi) is 4.41. The Labute approximate surface area is 147 Å². The van der Waals surface area contributed by atoms with Crippen LogP contribution >= 0.6 is 15.9 Å². The molecule has 0 radical (unpaired) electrons. The first-order chi connectivity index (χ1) is 11.0. The molecule has 3 aromatic carbocycles. The summed E-state index contributed by atoms with van der Waals surface area (Å²) in [6.45, 7) is 8.73. The Balaban J connectivity index is 2.26. The van der Waals surface area contributed by atoms with Crippen LogP contribution in [0.3, 0.4) is 0 Å². The van der Waals surface area contributed by atoms with Gasteiger partial charge in [-0.1, -0.05) is 52.3 Å². The number of benzene rings is 3. The topological polar surface area (TPSA) is 0 Å². The molecular formula is C22H21Br. The fourth-order valence-electron chi connectivity index (χ4n) is 3.42. The van der Waals surface area contributed by atoms with Gasteiger partial charge in [0.2, 0.25) is 0 Å². The van der Waals surface area contributed by atoms with Crippen molar-refractivity contribution in [3.8, 4) is 22.3 Å². The zero-order chi connectivity index (χ0) is 16.6. The monoisotopic (exact) mass is 364 g/mol. The summed E-state index contributed by atoms with van der Waals surface area (Å²) in [5, 5.41) is 0. The molecule has 116 valence electrons. The molecule has 0 saturated carbocycles. The largest absolute Gasteiger partial charge is 0.0617 e. The number of hydrogen-bond acceptors (Lipinski definition) is 0. The Morgan fingerprint density at radius 1 is 0.565 bits per heavy atom. The predicted molar refractivity (Wildman–Crippen MR) is 104 cm³/mol.